The fraction of sp³-hybridized carbons (Fsp3) is 0.500. The Bertz CT molecular complexity index is 84.1. The fourth-order valence-corrected chi connectivity index (χ4v) is 0.264. The van der Waals surface area contributed by atoms with Gasteiger partial charge in [0.2, 0.25) is 12.8 Å². The number of amides is 2. The van der Waals surface area contributed by atoms with Crippen LogP contribution in [0.25, 0.3) is 0 Å². The molecule has 0 saturated heterocycles. The van der Waals surface area contributed by atoms with Gasteiger partial charge in [0.05, 0.1) is 0 Å². The van der Waals surface area contributed by atoms with Gasteiger partial charge in [0.15, 0.2) is 0 Å². The molecule has 0 aliphatic carbocycles. The molecular formula is C4H8N2O2. The lowest BCUT2D eigenvalue weighted by atomic mass is 10.7. The van der Waals surface area contributed by atoms with Crippen molar-refractivity contribution in [3.05, 3.63) is 0 Å². The number of hydrazine groups is 1. The number of hydrogen-bond acceptors (Lipinski definition) is 2. The number of hydrogen-bond donors (Lipinski definition) is 1. The predicted molar refractivity (Wildman–Crippen MR) is 27.6 cm³/mol. The maximum atomic E-state index is 9.83. The number of rotatable bonds is 4. The fourth-order valence-electron chi connectivity index (χ4n) is 0.264. The van der Waals surface area contributed by atoms with E-state index in [1.807, 2.05) is 0 Å². The van der Waals surface area contributed by atoms with Crippen LogP contribution in [0, 0.1) is 0 Å². The van der Waals surface area contributed by atoms with E-state index >= 15 is 0 Å². The highest BCUT2D eigenvalue weighted by molar-refractivity contribution is 5.53. The molecule has 0 unspecified atom stereocenters. The quantitative estimate of drug-likeness (QED) is 0.383. The minimum absolute atomic E-state index is 0.456. The summed E-state index contributed by atoms with van der Waals surface area (Å²) in [6.07, 6.45) is 1.01. The van der Waals surface area contributed by atoms with E-state index in [2.05, 4.69) is 5.43 Å². The molecule has 4 heteroatoms. The summed E-state index contributed by atoms with van der Waals surface area (Å²) in [4.78, 5) is 19.5. The molecule has 0 aromatic rings. The van der Waals surface area contributed by atoms with E-state index < -0.39 is 0 Å². The molecule has 0 aromatic carbocycles. The second-order valence-corrected chi connectivity index (χ2v) is 1.14. The molecule has 0 rings (SSSR count). The highest BCUT2D eigenvalue weighted by atomic mass is 16.2. The van der Waals surface area contributed by atoms with Gasteiger partial charge in [-0.25, -0.2) is 0 Å². The normalized spacial score (nSPS) is 7.62. The third-order valence-electron chi connectivity index (χ3n) is 0.686. The van der Waals surface area contributed by atoms with E-state index in [0.717, 1.165) is 5.01 Å². The molecule has 0 heterocycles. The first-order valence-corrected chi connectivity index (χ1v) is 2.27. The standard InChI is InChI=1S/C4H8N2O2/c1-2-6(4-8)5-3-7/h3-4H,2H2,1H3,(H,5,7). The number of carbonyl (C=O) groups excluding carboxylic acids is 2. The summed E-state index contributed by atoms with van der Waals surface area (Å²) in [6.45, 7) is 2.24. The Balaban J connectivity index is 3.35. The van der Waals surface area contributed by atoms with Gasteiger partial charge in [-0.15, -0.1) is 0 Å². The second kappa shape index (κ2) is 4.11. The third-order valence-corrected chi connectivity index (χ3v) is 0.686. The monoisotopic (exact) mass is 116 g/mol. The molecule has 0 bridgehead atoms. The van der Waals surface area contributed by atoms with Gasteiger partial charge < -0.3 is 0 Å². The summed E-state index contributed by atoms with van der Waals surface area (Å²) >= 11 is 0. The van der Waals surface area contributed by atoms with Crippen LogP contribution in [-0.4, -0.2) is 24.4 Å². The molecule has 0 atom stereocenters. The molecule has 0 aliphatic heterocycles. The van der Waals surface area contributed by atoms with Gasteiger partial charge in [-0.2, -0.15) is 0 Å². The molecule has 0 aliphatic rings. The zero-order chi connectivity index (χ0) is 6.41. The minimum atomic E-state index is 0.456. The van der Waals surface area contributed by atoms with Crippen LogP contribution in [0.2, 0.25) is 0 Å². The largest absolute Gasteiger partial charge is 0.277 e. The summed E-state index contributed by atoms with van der Waals surface area (Å²) in [7, 11) is 0. The molecule has 8 heavy (non-hydrogen) atoms. The van der Waals surface area contributed by atoms with E-state index in [-0.39, 0.29) is 0 Å². The van der Waals surface area contributed by atoms with Crippen molar-refractivity contribution in [2.75, 3.05) is 6.54 Å². The highest BCUT2D eigenvalue weighted by Gasteiger charge is 1.89. The van der Waals surface area contributed by atoms with Crippen molar-refractivity contribution in [3.63, 3.8) is 0 Å². The summed E-state index contributed by atoms with van der Waals surface area (Å²) in [5.41, 5.74) is 2.17. The van der Waals surface area contributed by atoms with E-state index in [1.54, 1.807) is 6.92 Å². The van der Waals surface area contributed by atoms with Crippen LogP contribution >= 0.6 is 0 Å². The minimum Gasteiger partial charge on any atom is -0.277 e. The molecule has 4 nitrogen and oxygen atoms in total. The molecule has 2 amide bonds. The maximum absolute atomic E-state index is 9.83. The number of nitrogens with one attached hydrogen (secondary N) is 1. The lowest BCUT2D eigenvalue weighted by Crippen LogP contribution is -2.35. The number of nitrogens with zero attached hydrogens (tertiary/aromatic N) is 1. The topological polar surface area (TPSA) is 49.4 Å². The molecular weight excluding hydrogens is 108 g/mol. The Morgan fingerprint density at radius 2 is 2.25 bits per heavy atom. The van der Waals surface area contributed by atoms with E-state index in [1.165, 1.54) is 0 Å². The van der Waals surface area contributed by atoms with Crippen molar-refractivity contribution < 1.29 is 9.59 Å². The first kappa shape index (κ1) is 6.94. The van der Waals surface area contributed by atoms with Gasteiger partial charge in [-0.1, -0.05) is 0 Å². The third kappa shape index (κ3) is 2.17. The summed E-state index contributed by atoms with van der Waals surface area (Å²) in [5, 5.41) is 1.13. The van der Waals surface area contributed by atoms with Crippen molar-refractivity contribution in [1.29, 1.82) is 0 Å². The van der Waals surface area contributed by atoms with Crippen LogP contribution in [-0.2, 0) is 9.59 Å². The van der Waals surface area contributed by atoms with Gasteiger partial charge in [0.25, 0.3) is 0 Å². The van der Waals surface area contributed by atoms with Gasteiger partial charge >= 0.3 is 0 Å². The zero-order valence-electron chi connectivity index (χ0n) is 4.63. The van der Waals surface area contributed by atoms with Crippen molar-refractivity contribution >= 4 is 12.8 Å². The van der Waals surface area contributed by atoms with Crippen molar-refractivity contribution in [2.24, 2.45) is 0 Å². The summed E-state index contributed by atoms with van der Waals surface area (Å²) in [6, 6.07) is 0. The summed E-state index contributed by atoms with van der Waals surface area (Å²) in [5.74, 6) is 0. The second-order valence-electron chi connectivity index (χ2n) is 1.14. The van der Waals surface area contributed by atoms with E-state index in [9.17, 15) is 9.59 Å². The Morgan fingerprint density at radius 1 is 1.62 bits per heavy atom. The Kier molecular flexibility index (Phi) is 3.56. The number of carbonyl (C=O) groups is 2. The first-order chi connectivity index (χ1) is 3.85. The van der Waals surface area contributed by atoms with Crippen molar-refractivity contribution in [2.45, 2.75) is 6.92 Å². The highest BCUT2D eigenvalue weighted by Crippen LogP contribution is 1.67. The van der Waals surface area contributed by atoms with Gasteiger partial charge in [-0.05, 0) is 6.92 Å². The molecule has 0 aromatic heterocycles. The molecule has 46 valence electrons. The van der Waals surface area contributed by atoms with Crippen LogP contribution in [0.4, 0.5) is 0 Å². The predicted octanol–water partition coefficient (Wildman–Crippen LogP) is -0.874. The zero-order valence-corrected chi connectivity index (χ0v) is 4.63. The first-order valence-electron chi connectivity index (χ1n) is 2.27. The average molecular weight is 116 g/mol. The average Bonchev–Trinajstić information content (AvgIpc) is 1.83. The van der Waals surface area contributed by atoms with Gasteiger partial charge in [-0.3, -0.25) is 20.0 Å². The molecule has 1 N–H and O–H groups in total. The molecule has 0 fully saturated rings. The van der Waals surface area contributed by atoms with Crippen LogP contribution in [0.5, 0.6) is 0 Å². The van der Waals surface area contributed by atoms with Crippen molar-refractivity contribution in [3.8, 4) is 0 Å². The molecule has 0 radical (unpaired) electrons. The molecule has 0 saturated carbocycles. The Hall–Kier alpha value is -1.06. The van der Waals surface area contributed by atoms with Gasteiger partial charge in [0.1, 0.15) is 0 Å². The summed E-state index contributed by atoms with van der Waals surface area (Å²) < 4.78 is 0. The maximum Gasteiger partial charge on any atom is 0.228 e. The lowest BCUT2D eigenvalue weighted by Gasteiger charge is -2.10. The van der Waals surface area contributed by atoms with Crippen LogP contribution in [0.1, 0.15) is 6.92 Å². The molecule has 0 spiro atoms. The lowest BCUT2D eigenvalue weighted by molar-refractivity contribution is -0.126. The van der Waals surface area contributed by atoms with Crippen LogP contribution in [0.3, 0.4) is 0 Å². The SMILES string of the molecule is CCN(C=O)NC=O. The Morgan fingerprint density at radius 3 is 2.38 bits per heavy atom. The smallest absolute Gasteiger partial charge is 0.228 e. The van der Waals surface area contributed by atoms with E-state index in [4.69, 9.17) is 0 Å². The van der Waals surface area contributed by atoms with Crippen molar-refractivity contribution in [1.82, 2.24) is 10.4 Å². The Labute approximate surface area is 47.4 Å². The van der Waals surface area contributed by atoms with Crippen LogP contribution < -0.4 is 5.43 Å². The van der Waals surface area contributed by atoms with Crippen LogP contribution in [0.15, 0.2) is 0 Å². The van der Waals surface area contributed by atoms with Gasteiger partial charge in [0, 0.05) is 6.54 Å². The van der Waals surface area contributed by atoms with E-state index in [0.29, 0.717) is 19.4 Å².